The van der Waals surface area contributed by atoms with Crippen LogP contribution in [0, 0.1) is 13.8 Å². The van der Waals surface area contributed by atoms with E-state index in [-0.39, 0.29) is 5.69 Å². The minimum atomic E-state index is -1.13. The molecule has 116 valence electrons. The number of aromatic nitrogens is 3. The van der Waals surface area contributed by atoms with Crippen LogP contribution in [0.25, 0.3) is 16.9 Å². The number of hydrogen-bond acceptors (Lipinski definition) is 4. The summed E-state index contributed by atoms with van der Waals surface area (Å²) in [5.74, 6) is -1.13. The van der Waals surface area contributed by atoms with Crippen molar-refractivity contribution in [2.75, 3.05) is 5.73 Å². The number of nitrogens with zero attached hydrogens (tertiary/aromatic N) is 3. The molecule has 0 fully saturated rings. The van der Waals surface area contributed by atoms with Gasteiger partial charge in [0.1, 0.15) is 5.69 Å². The summed E-state index contributed by atoms with van der Waals surface area (Å²) < 4.78 is 1.53. The summed E-state index contributed by atoms with van der Waals surface area (Å²) in [6.45, 7) is 4.01. The Balaban J connectivity index is 2.26. The van der Waals surface area contributed by atoms with Gasteiger partial charge in [0.05, 0.1) is 5.69 Å². The molecule has 3 rings (SSSR count). The van der Waals surface area contributed by atoms with Gasteiger partial charge in [-0.15, -0.1) is 5.10 Å². The van der Waals surface area contributed by atoms with Gasteiger partial charge in [0, 0.05) is 11.3 Å². The molecule has 0 atom stereocenters. The minimum Gasteiger partial charge on any atom is -0.476 e. The van der Waals surface area contributed by atoms with Gasteiger partial charge in [-0.05, 0) is 49.2 Å². The van der Waals surface area contributed by atoms with Crippen LogP contribution in [0.2, 0.25) is 0 Å². The van der Waals surface area contributed by atoms with Crippen molar-refractivity contribution in [3.05, 3.63) is 59.3 Å². The number of aryl methyl sites for hydroxylation is 2. The third-order valence-corrected chi connectivity index (χ3v) is 3.77. The number of rotatable bonds is 3. The molecule has 0 amide bonds. The van der Waals surface area contributed by atoms with E-state index in [2.05, 4.69) is 10.3 Å². The predicted octanol–water partition coefficient (Wildman–Crippen LogP) is 2.83. The quantitative estimate of drug-likeness (QED) is 0.726. The maximum Gasteiger partial charge on any atom is 0.358 e. The number of hydrogen-bond donors (Lipinski definition) is 2. The van der Waals surface area contributed by atoms with Crippen LogP contribution in [0.15, 0.2) is 42.5 Å². The molecule has 2 aromatic carbocycles. The molecule has 0 aliphatic carbocycles. The summed E-state index contributed by atoms with van der Waals surface area (Å²) in [6, 6.07) is 12.8. The van der Waals surface area contributed by atoms with Gasteiger partial charge in [0.2, 0.25) is 0 Å². The van der Waals surface area contributed by atoms with Crippen molar-refractivity contribution in [1.82, 2.24) is 15.0 Å². The van der Waals surface area contributed by atoms with Gasteiger partial charge in [-0.2, -0.15) is 0 Å². The van der Waals surface area contributed by atoms with E-state index in [1.165, 1.54) is 4.68 Å². The Labute approximate surface area is 133 Å². The molecule has 1 aromatic heterocycles. The van der Waals surface area contributed by atoms with Crippen molar-refractivity contribution in [2.45, 2.75) is 13.8 Å². The van der Waals surface area contributed by atoms with Gasteiger partial charge in [0.15, 0.2) is 5.69 Å². The molecular formula is C17H16N4O2. The molecule has 0 saturated heterocycles. The SMILES string of the molecule is Cc1ccc(-n2nnc(C(=O)O)c2-c2cccc(N)c2)cc1C. The lowest BCUT2D eigenvalue weighted by atomic mass is 10.1. The lowest BCUT2D eigenvalue weighted by Gasteiger charge is -2.10. The zero-order chi connectivity index (χ0) is 16.6. The Morgan fingerprint density at radius 1 is 1.13 bits per heavy atom. The molecule has 0 spiro atoms. The molecule has 6 heteroatoms. The van der Waals surface area contributed by atoms with Gasteiger partial charge >= 0.3 is 5.97 Å². The van der Waals surface area contributed by atoms with Crippen LogP contribution < -0.4 is 5.73 Å². The van der Waals surface area contributed by atoms with Crippen molar-refractivity contribution < 1.29 is 9.90 Å². The lowest BCUT2D eigenvalue weighted by Crippen LogP contribution is -2.04. The first-order valence-corrected chi connectivity index (χ1v) is 7.10. The van der Waals surface area contributed by atoms with Crippen LogP contribution in [0.1, 0.15) is 21.6 Å². The van der Waals surface area contributed by atoms with Gasteiger partial charge in [0.25, 0.3) is 0 Å². The Kier molecular flexibility index (Phi) is 3.57. The number of nitrogen functional groups attached to an aromatic ring is 1. The first kappa shape index (κ1) is 14.8. The Morgan fingerprint density at radius 3 is 2.57 bits per heavy atom. The zero-order valence-corrected chi connectivity index (χ0v) is 12.8. The standard InChI is InChI=1S/C17H16N4O2/c1-10-6-7-14(8-11(10)2)21-16(15(17(22)23)19-20-21)12-4-3-5-13(18)9-12/h3-9H,18H2,1-2H3,(H,22,23). The molecule has 23 heavy (non-hydrogen) atoms. The van der Waals surface area contributed by atoms with Gasteiger partial charge in [-0.3, -0.25) is 0 Å². The fourth-order valence-electron chi connectivity index (χ4n) is 2.41. The van der Waals surface area contributed by atoms with Crippen LogP contribution >= 0.6 is 0 Å². The van der Waals surface area contributed by atoms with Crippen LogP contribution in [-0.2, 0) is 0 Å². The Bertz CT molecular complexity index is 899. The summed E-state index contributed by atoms with van der Waals surface area (Å²) in [5.41, 5.74) is 10.3. The fourth-order valence-corrected chi connectivity index (χ4v) is 2.41. The van der Waals surface area contributed by atoms with E-state index in [9.17, 15) is 9.90 Å². The van der Waals surface area contributed by atoms with Crippen molar-refractivity contribution in [3.8, 4) is 16.9 Å². The van der Waals surface area contributed by atoms with Gasteiger partial charge in [-0.1, -0.05) is 23.4 Å². The molecule has 6 nitrogen and oxygen atoms in total. The predicted molar refractivity (Wildman–Crippen MR) is 87.6 cm³/mol. The summed E-state index contributed by atoms with van der Waals surface area (Å²) in [6.07, 6.45) is 0. The van der Waals surface area contributed by atoms with Crippen LogP contribution in [0.4, 0.5) is 5.69 Å². The minimum absolute atomic E-state index is 0.103. The largest absolute Gasteiger partial charge is 0.476 e. The first-order valence-electron chi connectivity index (χ1n) is 7.10. The summed E-state index contributed by atoms with van der Waals surface area (Å²) in [4.78, 5) is 11.5. The second kappa shape index (κ2) is 5.57. The fraction of sp³-hybridized carbons (Fsp3) is 0.118. The summed E-state index contributed by atoms with van der Waals surface area (Å²) in [7, 11) is 0. The lowest BCUT2D eigenvalue weighted by molar-refractivity contribution is 0.0691. The number of benzene rings is 2. The topological polar surface area (TPSA) is 94.0 Å². The highest BCUT2D eigenvalue weighted by Gasteiger charge is 2.21. The molecule has 3 N–H and O–H groups in total. The van der Waals surface area contributed by atoms with E-state index in [4.69, 9.17) is 5.73 Å². The second-order valence-electron chi connectivity index (χ2n) is 5.40. The maximum absolute atomic E-state index is 11.5. The third-order valence-electron chi connectivity index (χ3n) is 3.77. The smallest absolute Gasteiger partial charge is 0.358 e. The highest BCUT2D eigenvalue weighted by atomic mass is 16.4. The number of aromatic carboxylic acids is 1. The second-order valence-corrected chi connectivity index (χ2v) is 5.40. The molecule has 0 unspecified atom stereocenters. The van der Waals surface area contributed by atoms with Crippen LogP contribution in [0.3, 0.4) is 0 Å². The molecular weight excluding hydrogens is 292 g/mol. The number of carbonyl (C=O) groups is 1. The first-order chi connectivity index (χ1) is 11.0. The summed E-state index contributed by atoms with van der Waals surface area (Å²) >= 11 is 0. The molecule has 0 saturated carbocycles. The zero-order valence-electron chi connectivity index (χ0n) is 12.8. The van der Waals surface area contributed by atoms with E-state index >= 15 is 0 Å². The number of nitrogens with two attached hydrogens (primary N) is 1. The van der Waals surface area contributed by atoms with Crippen molar-refractivity contribution in [2.24, 2.45) is 0 Å². The van der Waals surface area contributed by atoms with E-state index in [1.807, 2.05) is 32.0 Å². The summed E-state index contributed by atoms with van der Waals surface area (Å²) in [5, 5.41) is 17.3. The van der Waals surface area contributed by atoms with Gasteiger partial charge in [-0.25, -0.2) is 9.48 Å². The molecule has 1 heterocycles. The van der Waals surface area contributed by atoms with E-state index in [1.54, 1.807) is 24.3 Å². The highest BCUT2D eigenvalue weighted by molar-refractivity contribution is 5.93. The van der Waals surface area contributed by atoms with Crippen molar-refractivity contribution >= 4 is 11.7 Å². The van der Waals surface area contributed by atoms with E-state index in [0.29, 0.717) is 16.9 Å². The monoisotopic (exact) mass is 308 g/mol. The number of carboxylic acids is 1. The molecule has 0 aliphatic heterocycles. The van der Waals surface area contributed by atoms with Crippen LogP contribution in [-0.4, -0.2) is 26.1 Å². The Hall–Kier alpha value is -3.15. The Morgan fingerprint density at radius 2 is 1.91 bits per heavy atom. The van der Waals surface area contributed by atoms with Gasteiger partial charge < -0.3 is 10.8 Å². The highest BCUT2D eigenvalue weighted by Crippen LogP contribution is 2.27. The molecule has 3 aromatic rings. The normalized spacial score (nSPS) is 10.7. The maximum atomic E-state index is 11.5. The van der Waals surface area contributed by atoms with Crippen molar-refractivity contribution in [1.29, 1.82) is 0 Å². The molecule has 0 radical (unpaired) electrons. The number of anilines is 1. The van der Waals surface area contributed by atoms with E-state index < -0.39 is 5.97 Å². The third kappa shape index (κ3) is 2.66. The average molecular weight is 308 g/mol. The molecule has 0 bridgehead atoms. The number of carboxylic acid groups (broad SMARTS) is 1. The molecule has 0 aliphatic rings. The van der Waals surface area contributed by atoms with Crippen molar-refractivity contribution in [3.63, 3.8) is 0 Å². The average Bonchev–Trinajstić information content (AvgIpc) is 2.95. The van der Waals surface area contributed by atoms with Crippen LogP contribution in [0.5, 0.6) is 0 Å². The van der Waals surface area contributed by atoms with E-state index in [0.717, 1.165) is 16.8 Å².